The molecule has 2 rings (SSSR count). The van der Waals surface area contributed by atoms with E-state index in [4.69, 9.17) is 4.74 Å². The molecule has 1 atom stereocenters. The Balaban J connectivity index is 2.18. The fraction of sp³-hybridized carbons (Fsp3) is 0.667. The zero-order valence-corrected chi connectivity index (χ0v) is 7.25. The van der Waals surface area contributed by atoms with Gasteiger partial charge in [-0.15, -0.1) is 0 Å². The summed E-state index contributed by atoms with van der Waals surface area (Å²) in [6, 6.07) is 0.247. The highest BCUT2D eigenvalue weighted by Crippen LogP contribution is 2.28. The van der Waals surface area contributed by atoms with Gasteiger partial charge in [-0.25, -0.2) is 0 Å². The van der Waals surface area contributed by atoms with E-state index >= 15 is 0 Å². The Labute approximate surface area is 72.0 Å². The van der Waals surface area contributed by atoms with Crippen LogP contribution in [0.5, 0.6) is 0 Å². The summed E-state index contributed by atoms with van der Waals surface area (Å²) in [5.74, 6) is 0.969. The van der Waals surface area contributed by atoms with Gasteiger partial charge in [-0.05, 0) is 19.3 Å². The number of methoxy groups -OCH3 is 1. The summed E-state index contributed by atoms with van der Waals surface area (Å²) in [7, 11) is 1.64. The number of nitrogens with zero attached hydrogens (tertiary/aromatic N) is 1. The summed E-state index contributed by atoms with van der Waals surface area (Å²) in [6.45, 7) is 0.896. The smallest absolute Gasteiger partial charge is 0.250 e. The normalized spacial score (nSPS) is 28.4. The van der Waals surface area contributed by atoms with Gasteiger partial charge in [-0.3, -0.25) is 4.79 Å². The summed E-state index contributed by atoms with van der Waals surface area (Å²) < 4.78 is 5.15. The van der Waals surface area contributed by atoms with Gasteiger partial charge >= 0.3 is 0 Å². The van der Waals surface area contributed by atoms with E-state index in [0.29, 0.717) is 0 Å². The standard InChI is InChI=1S/C9H13NO2/c1-12-8-6-9(11)10-5-3-2-4-7(8)10/h6-7H,2-5H2,1H3/t7-/m1/s1. The minimum atomic E-state index is 0.122. The number of rotatable bonds is 1. The lowest BCUT2D eigenvalue weighted by Gasteiger charge is -2.30. The Kier molecular flexibility index (Phi) is 1.79. The third-order valence-electron chi connectivity index (χ3n) is 2.62. The predicted molar refractivity (Wildman–Crippen MR) is 44.4 cm³/mol. The van der Waals surface area contributed by atoms with Crippen LogP contribution in [0.2, 0.25) is 0 Å². The molecule has 1 fully saturated rings. The monoisotopic (exact) mass is 167 g/mol. The number of ether oxygens (including phenoxy) is 1. The SMILES string of the molecule is COC1=CC(=O)N2CCCC[C@H]12. The van der Waals surface area contributed by atoms with Crippen molar-refractivity contribution in [3.63, 3.8) is 0 Å². The molecular weight excluding hydrogens is 154 g/mol. The molecule has 0 spiro atoms. The maximum absolute atomic E-state index is 11.3. The van der Waals surface area contributed by atoms with E-state index < -0.39 is 0 Å². The number of hydrogen-bond acceptors (Lipinski definition) is 2. The van der Waals surface area contributed by atoms with Crippen molar-refractivity contribution in [3.8, 4) is 0 Å². The molecular formula is C9H13NO2. The molecule has 3 heteroatoms. The second-order valence-electron chi connectivity index (χ2n) is 3.29. The Morgan fingerprint density at radius 3 is 3.17 bits per heavy atom. The fourth-order valence-corrected chi connectivity index (χ4v) is 1.99. The first kappa shape index (κ1) is 7.65. The lowest BCUT2D eigenvalue weighted by molar-refractivity contribution is -0.127. The van der Waals surface area contributed by atoms with Crippen LogP contribution in [0.25, 0.3) is 0 Å². The molecule has 0 aliphatic carbocycles. The lowest BCUT2D eigenvalue weighted by Crippen LogP contribution is -2.39. The van der Waals surface area contributed by atoms with Gasteiger partial charge in [0.25, 0.3) is 5.91 Å². The van der Waals surface area contributed by atoms with Crippen LogP contribution in [0, 0.1) is 0 Å². The number of hydrogen-bond donors (Lipinski definition) is 0. The van der Waals surface area contributed by atoms with Crippen LogP contribution in [-0.2, 0) is 9.53 Å². The molecule has 2 aliphatic rings. The van der Waals surface area contributed by atoms with Crippen molar-refractivity contribution in [1.82, 2.24) is 4.90 Å². The van der Waals surface area contributed by atoms with Crippen LogP contribution < -0.4 is 0 Å². The van der Waals surface area contributed by atoms with Gasteiger partial charge in [0.1, 0.15) is 5.76 Å². The highest BCUT2D eigenvalue weighted by molar-refractivity contribution is 5.91. The molecule has 1 amide bonds. The molecule has 0 saturated carbocycles. The first-order chi connectivity index (χ1) is 5.83. The lowest BCUT2D eigenvalue weighted by atomic mass is 10.0. The van der Waals surface area contributed by atoms with E-state index in [9.17, 15) is 4.79 Å². The van der Waals surface area contributed by atoms with Crippen LogP contribution in [-0.4, -0.2) is 30.5 Å². The molecule has 0 aromatic heterocycles. The summed E-state index contributed by atoms with van der Waals surface area (Å²) in [6.07, 6.45) is 5.02. The molecule has 0 radical (unpaired) electrons. The van der Waals surface area contributed by atoms with Crippen LogP contribution >= 0.6 is 0 Å². The van der Waals surface area contributed by atoms with E-state index in [1.54, 1.807) is 13.2 Å². The fourth-order valence-electron chi connectivity index (χ4n) is 1.99. The maximum atomic E-state index is 11.3. The van der Waals surface area contributed by atoms with Gasteiger partial charge < -0.3 is 9.64 Å². The van der Waals surface area contributed by atoms with Crippen molar-refractivity contribution in [3.05, 3.63) is 11.8 Å². The van der Waals surface area contributed by atoms with E-state index in [0.717, 1.165) is 25.1 Å². The summed E-state index contributed by atoms with van der Waals surface area (Å²) in [5, 5.41) is 0. The van der Waals surface area contributed by atoms with E-state index in [2.05, 4.69) is 0 Å². The molecule has 2 heterocycles. The minimum Gasteiger partial charge on any atom is -0.499 e. The number of carbonyl (C=O) groups excluding carboxylic acids is 1. The summed E-state index contributed by atoms with van der Waals surface area (Å²) in [4.78, 5) is 13.3. The third-order valence-corrected chi connectivity index (χ3v) is 2.62. The molecule has 0 bridgehead atoms. The number of fused-ring (bicyclic) bond motifs is 1. The maximum Gasteiger partial charge on any atom is 0.250 e. The highest BCUT2D eigenvalue weighted by Gasteiger charge is 2.34. The minimum absolute atomic E-state index is 0.122. The quantitative estimate of drug-likeness (QED) is 0.581. The zero-order valence-electron chi connectivity index (χ0n) is 7.25. The van der Waals surface area contributed by atoms with Crippen molar-refractivity contribution in [1.29, 1.82) is 0 Å². The van der Waals surface area contributed by atoms with E-state index in [1.165, 1.54) is 6.42 Å². The molecule has 12 heavy (non-hydrogen) atoms. The molecule has 0 aromatic carbocycles. The topological polar surface area (TPSA) is 29.5 Å². The third kappa shape index (κ3) is 1.00. The van der Waals surface area contributed by atoms with Crippen molar-refractivity contribution in [2.45, 2.75) is 25.3 Å². The van der Waals surface area contributed by atoms with E-state index in [1.807, 2.05) is 4.90 Å². The highest BCUT2D eigenvalue weighted by atomic mass is 16.5. The Morgan fingerprint density at radius 2 is 2.42 bits per heavy atom. The molecule has 1 saturated heterocycles. The van der Waals surface area contributed by atoms with Gasteiger partial charge in [0, 0.05) is 12.6 Å². The Morgan fingerprint density at radius 1 is 1.58 bits per heavy atom. The molecule has 0 N–H and O–H groups in total. The van der Waals surface area contributed by atoms with Gasteiger partial charge in [0.05, 0.1) is 13.2 Å². The summed E-state index contributed by atoms with van der Waals surface area (Å²) in [5.41, 5.74) is 0. The first-order valence-electron chi connectivity index (χ1n) is 4.39. The van der Waals surface area contributed by atoms with Crippen molar-refractivity contribution in [2.24, 2.45) is 0 Å². The van der Waals surface area contributed by atoms with Crippen LogP contribution in [0.3, 0.4) is 0 Å². The predicted octanol–water partition coefficient (Wildman–Crippen LogP) is 0.911. The molecule has 0 aromatic rings. The second-order valence-corrected chi connectivity index (χ2v) is 3.29. The van der Waals surface area contributed by atoms with Crippen LogP contribution in [0.15, 0.2) is 11.8 Å². The largest absolute Gasteiger partial charge is 0.499 e. The zero-order chi connectivity index (χ0) is 8.55. The number of piperidine rings is 1. The summed E-state index contributed by atoms with van der Waals surface area (Å²) >= 11 is 0. The van der Waals surface area contributed by atoms with Gasteiger partial charge in [0.2, 0.25) is 0 Å². The van der Waals surface area contributed by atoms with Crippen molar-refractivity contribution < 1.29 is 9.53 Å². The second kappa shape index (κ2) is 2.81. The number of amides is 1. The average molecular weight is 167 g/mol. The molecule has 2 aliphatic heterocycles. The molecule has 0 unspecified atom stereocenters. The first-order valence-corrected chi connectivity index (χ1v) is 4.39. The Bertz CT molecular complexity index is 235. The van der Waals surface area contributed by atoms with Crippen LogP contribution in [0.4, 0.5) is 0 Å². The van der Waals surface area contributed by atoms with Crippen molar-refractivity contribution in [2.75, 3.05) is 13.7 Å². The average Bonchev–Trinajstić information content (AvgIpc) is 2.44. The van der Waals surface area contributed by atoms with Gasteiger partial charge in [-0.2, -0.15) is 0 Å². The van der Waals surface area contributed by atoms with Gasteiger partial charge in [0.15, 0.2) is 0 Å². The molecule has 3 nitrogen and oxygen atoms in total. The van der Waals surface area contributed by atoms with Crippen molar-refractivity contribution >= 4 is 5.91 Å². The molecule has 66 valence electrons. The number of carbonyl (C=O) groups is 1. The van der Waals surface area contributed by atoms with Gasteiger partial charge in [-0.1, -0.05) is 0 Å². The Hall–Kier alpha value is -0.990. The van der Waals surface area contributed by atoms with E-state index in [-0.39, 0.29) is 11.9 Å². The van der Waals surface area contributed by atoms with Crippen LogP contribution in [0.1, 0.15) is 19.3 Å².